The molecule has 6 heteroatoms. The van der Waals surface area contributed by atoms with Gasteiger partial charge in [0.25, 0.3) is 11.8 Å². The van der Waals surface area contributed by atoms with Crippen molar-refractivity contribution in [1.82, 2.24) is 0 Å². The van der Waals surface area contributed by atoms with Gasteiger partial charge in [-0.3, -0.25) is 14.4 Å². The number of nitrogens with zero attached hydrogens (tertiary/aromatic N) is 1. The Kier molecular flexibility index (Phi) is 4.31. The molecule has 0 aliphatic heterocycles. The van der Waals surface area contributed by atoms with Crippen LogP contribution in [0.5, 0.6) is 0 Å². The molecule has 0 aliphatic rings. The van der Waals surface area contributed by atoms with Gasteiger partial charge in [0.2, 0.25) is 0 Å². The number of hydrogen-bond acceptors (Lipinski definition) is 3. The molecule has 0 heterocycles. The van der Waals surface area contributed by atoms with E-state index in [-0.39, 0.29) is 5.56 Å². The fourth-order valence-corrected chi connectivity index (χ4v) is 1.27. The summed E-state index contributed by atoms with van der Waals surface area (Å²) in [5.41, 5.74) is 4.99. The summed E-state index contributed by atoms with van der Waals surface area (Å²) in [6.07, 6.45) is 2.56. The summed E-state index contributed by atoms with van der Waals surface area (Å²) < 4.78 is 13.2. The number of anilines is 1. The van der Waals surface area contributed by atoms with Crippen molar-refractivity contribution in [2.45, 2.75) is 0 Å². The van der Waals surface area contributed by atoms with Crippen LogP contribution in [0.1, 0.15) is 10.4 Å². The average molecular weight is 250 g/mol. The maximum Gasteiger partial charge on any atom is 0.251 e. The number of carbonyl (C=O) groups excluding carboxylic acids is 3. The van der Waals surface area contributed by atoms with E-state index >= 15 is 0 Å². The van der Waals surface area contributed by atoms with Crippen molar-refractivity contribution in [3.8, 4) is 0 Å². The molecule has 2 amide bonds. The Morgan fingerprint density at radius 2 is 2.06 bits per heavy atom. The molecular weight excluding hydrogens is 239 g/mol. The van der Waals surface area contributed by atoms with Crippen molar-refractivity contribution in [2.24, 2.45) is 5.73 Å². The normalized spacial score (nSPS) is 10.3. The van der Waals surface area contributed by atoms with E-state index in [2.05, 4.69) is 0 Å². The summed E-state index contributed by atoms with van der Waals surface area (Å²) >= 11 is 0. The number of aldehydes is 1. The van der Waals surface area contributed by atoms with Crippen molar-refractivity contribution in [3.63, 3.8) is 0 Å². The van der Waals surface area contributed by atoms with Crippen LogP contribution in [-0.4, -0.2) is 25.1 Å². The van der Waals surface area contributed by atoms with E-state index in [4.69, 9.17) is 5.73 Å². The van der Waals surface area contributed by atoms with Crippen molar-refractivity contribution < 1.29 is 18.8 Å². The zero-order valence-electron chi connectivity index (χ0n) is 9.59. The topological polar surface area (TPSA) is 80.5 Å². The second-order valence-electron chi connectivity index (χ2n) is 3.42. The van der Waals surface area contributed by atoms with Gasteiger partial charge in [0, 0.05) is 18.8 Å². The smallest absolute Gasteiger partial charge is 0.251 e. The molecule has 0 aliphatic carbocycles. The molecule has 0 saturated carbocycles. The van der Waals surface area contributed by atoms with Gasteiger partial charge in [-0.25, -0.2) is 4.39 Å². The third-order valence-electron chi connectivity index (χ3n) is 2.25. The third-order valence-corrected chi connectivity index (χ3v) is 2.25. The zero-order valence-corrected chi connectivity index (χ0v) is 9.59. The molecule has 0 spiro atoms. The fraction of sp³-hybridized carbons (Fsp3) is 0.0833. The average Bonchev–Trinajstić information content (AvgIpc) is 2.35. The highest BCUT2D eigenvalue weighted by atomic mass is 19.1. The molecule has 18 heavy (non-hydrogen) atoms. The maximum absolute atomic E-state index is 13.2. The summed E-state index contributed by atoms with van der Waals surface area (Å²) in [7, 11) is 1.43. The van der Waals surface area contributed by atoms with E-state index in [1.165, 1.54) is 19.2 Å². The van der Waals surface area contributed by atoms with Gasteiger partial charge in [-0.15, -0.1) is 0 Å². The van der Waals surface area contributed by atoms with Crippen molar-refractivity contribution >= 4 is 23.8 Å². The van der Waals surface area contributed by atoms with Gasteiger partial charge in [-0.2, -0.15) is 0 Å². The van der Waals surface area contributed by atoms with Crippen LogP contribution < -0.4 is 10.6 Å². The lowest BCUT2D eigenvalue weighted by Gasteiger charge is -2.15. The Labute approximate surface area is 103 Å². The van der Waals surface area contributed by atoms with Gasteiger partial charge in [-0.05, 0) is 24.3 Å². The lowest BCUT2D eigenvalue weighted by atomic mass is 10.1. The monoisotopic (exact) mass is 250 g/mol. The van der Waals surface area contributed by atoms with E-state index < -0.39 is 17.6 Å². The van der Waals surface area contributed by atoms with Gasteiger partial charge in [0.15, 0.2) is 0 Å². The third kappa shape index (κ3) is 3.00. The van der Waals surface area contributed by atoms with Crippen LogP contribution >= 0.6 is 0 Å². The van der Waals surface area contributed by atoms with Crippen molar-refractivity contribution in [2.75, 3.05) is 11.9 Å². The highest BCUT2D eigenvalue weighted by molar-refractivity contribution is 6.03. The molecule has 5 nitrogen and oxygen atoms in total. The quantitative estimate of drug-likeness (QED) is 0.629. The lowest BCUT2D eigenvalue weighted by Crippen LogP contribution is -2.25. The van der Waals surface area contributed by atoms with Crippen LogP contribution in [0.4, 0.5) is 10.1 Å². The van der Waals surface area contributed by atoms with Crippen LogP contribution in [0.3, 0.4) is 0 Å². The van der Waals surface area contributed by atoms with Gasteiger partial charge in [-0.1, -0.05) is 0 Å². The van der Waals surface area contributed by atoms with Gasteiger partial charge >= 0.3 is 0 Å². The first-order chi connectivity index (χ1) is 8.47. The number of allylic oxidation sites excluding steroid dienone is 1. The molecule has 0 fully saturated rings. The molecule has 0 atom stereocenters. The molecule has 0 saturated heterocycles. The Morgan fingerprint density at radius 3 is 2.61 bits per heavy atom. The summed E-state index contributed by atoms with van der Waals surface area (Å²) in [6, 6.07) is 3.54. The number of nitrogens with two attached hydrogens (primary N) is 1. The number of likely N-dealkylation sites (N-methyl/N-ethyl adjacent to an activating group) is 1. The van der Waals surface area contributed by atoms with Gasteiger partial charge < -0.3 is 10.6 Å². The highest BCUT2D eigenvalue weighted by Crippen LogP contribution is 2.18. The molecule has 0 aromatic heterocycles. The summed E-state index contributed by atoms with van der Waals surface area (Å²) in [6.45, 7) is 0. The Hall–Kier alpha value is -2.50. The van der Waals surface area contributed by atoms with Gasteiger partial charge in [0.1, 0.15) is 12.1 Å². The number of halogens is 1. The molecule has 0 unspecified atom stereocenters. The summed E-state index contributed by atoms with van der Waals surface area (Å²) in [4.78, 5) is 33.7. The standard InChI is InChI=1S/C12H11FN2O3/c1-15(11(17)3-2-6-16)8-4-5-10(13)9(7-8)12(14)18/h2-7H,1H3,(H2,14,18)/b3-2-. The number of carbonyl (C=O) groups is 3. The number of primary amides is 1. The van der Waals surface area contributed by atoms with E-state index in [1.807, 2.05) is 0 Å². The minimum atomic E-state index is -0.918. The number of hydrogen-bond donors (Lipinski definition) is 1. The second kappa shape index (κ2) is 5.72. The van der Waals surface area contributed by atoms with Crippen LogP contribution in [0, 0.1) is 5.82 Å². The highest BCUT2D eigenvalue weighted by Gasteiger charge is 2.13. The Balaban J connectivity index is 3.07. The largest absolute Gasteiger partial charge is 0.366 e. The van der Waals surface area contributed by atoms with Crippen LogP contribution in [-0.2, 0) is 9.59 Å². The first-order valence-corrected chi connectivity index (χ1v) is 4.96. The maximum atomic E-state index is 13.2. The van der Waals surface area contributed by atoms with E-state index in [0.717, 1.165) is 23.1 Å². The predicted molar refractivity (Wildman–Crippen MR) is 63.5 cm³/mol. The zero-order chi connectivity index (χ0) is 13.7. The fourth-order valence-electron chi connectivity index (χ4n) is 1.27. The van der Waals surface area contributed by atoms with E-state index in [9.17, 15) is 18.8 Å². The van der Waals surface area contributed by atoms with Crippen molar-refractivity contribution in [1.29, 1.82) is 0 Å². The molecular formula is C12H11FN2O3. The molecule has 1 rings (SSSR count). The summed E-state index contributed by atoms with van der Waals surface area (Å²) in [5, 5.41) is 0. The molecule has 1 aromatic carbocycles. The SMILES string of the molecule is CN(C(=O)/C=C\C=O)c1ccc(F)c(C(N)=O)c1. The molecule has 0 radical (unpaired) electrons. The Bertz CT molecular complexity index is 526. The second-order valence-corrected chi connectivity index (χ2v) is 3.42. The first kappa shape index (κ1) is 13.6. The molecule has 1 aromatic rings. The Morgan fingerprint density at radius 1 is 1.39 bits per heavy atom. The molecule has 94 valence electrons. The molecule has 2 N–H and O–H groups in total. The van der Waals surface area contributed by atoms with Crippen LogP contribution in [0.2, 0.25) is 0 Å². The number of amides is 2. The summed E-state index contributed by atoms with van der Waals surface area (Å²) in [5.74, 6) is -2.15. The minimum Gasteiger partial charge on any atom is -0.366 e. The van der Waals surface area contributed by atoms with Crippen LogP contribution in [0.25, 0.3) is 0 Å². The number of rotatable bonds is 4. The predicted octanol–water partition coefficient (Wildman–Crippen LogP) is 0.643. The molecule has 0 bridgehead atoms. The lowest BCUT2D eigenvalue weighted by molar-refractivity contribution is -0.114. The van der Waals surface area contributed by atoms with Crippen LogP contribution in [0.15, 0.2) is 30.4 Å². The minimum absolute atomic E-state index is 0.297. The van der Waals surface area contributed by atoms with Gasteiger partial charge in [0.05, 0.1) is 5.56 Å². The van der Waals surface area contributed by atoms with E-state index in [0.29, 0.717) is 12.0 Å². The van der Waals surface area contributed by atoms with E-state index in [1.54, 1.807) is 0 Å². The first-order valence-electron chi connectivity index (χ1n) is 4.96. The van der Waals surface area contributed by atoms with Crippen molar-refractivity contribution in [3.05, 3.63) is 41.7 Å². The number of benzene rings is 1.